The van der Waals surface area contributed by atoms with Crippen molar-refractivity contribution in [2.24, 2.45) is 11.3 Å². The van der Waals surface area contributed by atoms with Gasteiger partial charge in [0.1, 0.15) is 11.6 Å². The first-order chi connectivity index (χ1) is 19.6. The summed E-state index contributed by atoms with van der Waals surface area (Å²) in [5.74, 6) is -1.06. The quantitative estimate of drug-likeness (QED) is 0.222. The van der Waals surface area contributed by atoms with Crippen LogP contribution in [-0.2, 0) is 24.2 Å². The number of halogens is 3. The number of benzene rings is 3. The van der Waals surface area contributed by atoms with Crippen molar-refractivity contribution in [2.45, 2.75) is 46.1 Å². The lowest BCUT2D eigenvalue weighted by Crippen LogP contribution is -2.45. The summed E-state index contributed by atoms with van der Waals surface area (Å²) in [7, 11) is 0. The molecule has 41 heavy (non-hydrogen) atoms. The van der Waals surface area contributed by atoms with Gasteiger partial charge < -0.3 is 9.63 Å². The van der Waals surface area contributed by atoms with E-state index < -0.39 is 23.0 Å². The molecule has 6 nitrogen and oxygen atoms in total. The second-order valence-corrected chi connectivity index (χ2v) is 11.7. The van der Waals surface area contributed by atoms with Crippen molar-refractivity contribution in [3.63, 3.8) is 0 Å². The third kappa shape index (κ3) is 6.49. The number of carboxylic acids is 1. The summed E-state index contributed by atoms with van der Waals surface area (Å²) in [5, 5.41) is 14.8. The monoisotopic (exact) mass is 579 g/mol. The number of likely N-dealkylation sites (tertiary alicyclic amines) is 1. The van der Waals surface area contributed by atoms with Crippen LogP contribution in [0.4, 0.5) is 8.78 Å². The fourth-order valence-electron chi connectivity index (χ4n) is 5.41. The van der Waals surface area contributed by atoms with Gasteiger partial charge in [-0.2, -0.15) is 4.98 Å². The van der Waals surface area contributed by atoms with E-state index in [1.807, 2.05) is 42.5 Å². The van der Waals surface area contributed by atoms with Gasteiger partial charge in [-0.05, 0) is 80.1 Å². The van der Waals surface area contributed by atoms with E-state index in [0.29, 0.717) is 55.1 Å². The van der Waals surface area contributed by atoms with Crippen LogP contribution < -0.4 is 0 Å². The molecular weight excluding hydrogens is 548 g/mol. The topological polar surface area (TPSA) is 79.5 Å². The Kier molecular flexibility index (Phi) is 8.52. The van der Waals surface area contributed by atoms with Gasteiger partial charge in [-0.1, -0.05) is 67.0 Å². The molecule has 0 radical (unpaired) electrons. The number of carbonyl (C=O) groups is 1. The summed E-state index contributed by atoms with van der Waals surface area (Å²) in [6, 6.07) is 17.2. The lowest BCUT2D eigenvalue weighted by molar-refractivity contribution is -0.152. The molecule has 3 aromatic carbocycles. The Morgan fingerprint density at radius 2 is 1.71 bits per heavy atom. The molecular formula is C32H32ClF2N3O3. The number of rotatable bonds is 9. The van der Waals surface area contributed by atoms with Gasteiger partial charge in [0.25, 0.3) is 5.89 Å². The van der Waals surface area contributed by atoms with Crippen LogP contribution in [0.2, 0.25) is 5.02 Å². The first-order valence-electron chi connectivity index (χ1n) is 13.7. The lowest BCUT2D eigenvalue weighted by Gasteiger charge is -2.39. The average molecular weight is 580 g/mol. The summed E-state index contributed by atoms with van der Waals surface area (Å²) in [6.45, 7) is 5.95. The van der Waals surface area contributed by atoms with Crippen LogP contribution in [-0.4, -0.2) is 39.2 Å². The molecule has 1 aromatic heterocycles. The third-order valence-electron chi connectivity index (χ3n) is 7.82. The Balaban J connectivity index is 1.21. The largest absolute Gasteiger partial charge is 0.481 e. The molecule has 0 unspecified atom stereocenters. The molecule has 1 saturated heterocycles. The zero-order chi connectivity index (χ0) is 29.1. The SMILES string of the molecule is CC(C)Cc1ccc(-c2nc(-c3ccc(CN4CCC(Cc5c(F)cccc5F)(C(=O)O)CC4)cc3)no2)cc1Cl. The molecule has 4 aromatic rings. The van der Waals surface area contributed by atoms with Gasteiger partial charge in [-0.3, -0.25) is 9.69 Å². The molecule has 0 aliphatic carbocycles. The Bertz CT molecular complexity index is 1510. The molecule has 2 heterocycles. The molecule has 214 valence electrons. The number of aromatic nitrogens is 2. The zero-order valence-electron chi connectivity index (χ0n) is 23.0. The van der Waals surface area contributed by atoms with Crippen molar-refractivity contribution in [3.8, 4) is 22.8 Å². The maximum Gasteiger partial charge on any atom is 0.310 e. The van der Waals surface area contributed by atoms with Gasteiger partial charge in [-0.25, -0.2) is 8.78 Å². The van der Waals surface area contributed by atoms with Crippen LogP contribution in [0.15, 0.2) is 65.2 Å². The molecule has 9 heteroatoms. The molecule has 1 N–H and O–H groups in total. The van der Waals surface area contributed by atoms with Crippen molar-refractivity contribution < 1.29 is 23.2 Å². The highest BCUT2D eigenvalue weighted by atomic mass is 35.5. The smallest absolute Gasteiger partial charge is 0.310 e. The predicted octanol–water partition coefficient (Wildman–Crippen LogP) is 7.44. The van der Waals surface area contributed by atoms with Crippen molar-refractivity contribution in [3.05, 3.63) is 94.0 Å². The van der Waals surface area contributed by atoms with E-state index in [1.165, 1.54) is 18.2 Å². The molecule has 1 fully saturated rings. The van der Waals surface area contributed by atoms with E-state index in [1.54, 1.807) is 0 Å². The van der Waals surface area contributed by atoms with Crippen molar-refractivity contribution >= 4 is 17.6 Å². The minimum Gasteiger partial charge on any atom is -0.481 e. The van der Waals surface area contributed by atoms with Crippen molar-refractivity contribution in [1.29, 1.82) is 0 Å². The summed E-state index contributed by atoms with van der Waals surface area (Å²) >= 11 is 6.47. The molecule has 5 rings (SSSR count). The first kappa shape index (κ1) is 28.9. The second kappa shape index (κ2) is 12.1. The molecule has 1 aliphatic rings. The number of aliphatic carboxylic acids is 1. The lowest BCUT2D eigenvalue weighted by atomic mass is 9.73. The summed E-state index contributed by atoms with van der Waals surface area (Å²) in [4.78, 5) is 18.9. The minimum absolute atomic E-state index is 0.158. The standard InChI is InChI=1S/C32H32ClF2N3O3/c1-20(2)16-23-10-11-24(17-26(23)33)30-36-29(37-41-30)22-8-6-21(7-9-22)19-38-14-12-32(13-15-38,31(39)40)18-25-27(34)4-3-5-28(25)35/h3-11,17,20H,12-16,18-19H2,1-2H3,(H,39,40). The number of hydrogen-bond acceptors (Lipinski definition) is 5. The number of piperidine rings is 1. The van der Waals surface area contributed by atoms with E-state index in [2.05, 4.69) is 28.9 Å². The molecule has 1 aliphatic heterocycles. The Hall–Kier alpha value is -3.62. The fraction of sp³-hybridized carbons (Fsp3) is 0.344. The van der Waals surface area contributed by atoms with Crippen LogP contribution in [0.5, 0.6) is 0 Å². The summed E-state index contributed by atoms with van der Waals surface area (Å²) in [6.07, 6.45) is 1.35. The number of nitrogens with zero attached hydrogens (tertiary/aromatic N) is 3. The van der Waals surface area contributed by atoms with Crippen LogP contribution >= 0.6 is 11.6 Å². The molecule has 0 bridgehead atoms. The van der Waals surface area contributed by atoms with Crippen molar-refractivity contribution in [1.82, 2.24) is 15.0 Å². The van der Waals surface area contributed by atoms with Gasteiger partial charge in [0, 0.05) is 28.3 Å². The van der Waals surface area contributed by atoms with Gasteiger partial charge in [0.15, 0.2) is 0 Å². The van der Waals surface area contributed by atoms with Gasteiger partial charge in [0.05, 0.1) is 5.41 Å². The van der Waals surface area contributed by atoms with E-state index in [0.717, 1.165) is 28.7 Å². The van der Waals surface area contributed by atoms with E-state index in [-0.39, 0.29) is 12.0 Å². The van der Waals surface area contributed by atoms with Gasteiger partial charge in [-0.15, -0.1) is 0 Å². The summed E-state index contributed by atoms with van der Waals surface area (Å²) in [5.41, 5.74) is 2.35. The third-order valence-corrected chi connectivity index (χ3v) is 8.17. The molecule has 0 spiro atoms. The number of carboxylic acid groups (broad SMARTS) is 1. The Morgan fingerprint density at radius 3 is 2.32 bits per heavy atom. The first-order valence-corrected chi connectivity index (χ1v) is 14.1. The van der Waals surface area contributed by atoms with Crippen LogP contribution in [0.3, 0.4) is 0 Å². The minimum atomic E-state index is -1.20. The van der Waals surface area contributed by atoms with Crippen LogP contribution in [0.25, 0.3) is 22.8 Å². The fourth-order valence-corrected chi connectivity index (χ4v) is 5.66. The highest BCUT2D eigenvalue weighted by molar-refractivity contribution is 6.31. The zero-order valence-corrected chi connectivity index (χ0v) is 23.8. The Labute approximate surface area is 243 Å². The second-order valence-electron chi connectivity index (χ2n) is 11.3. The van der Waals surface area contributed by atoms with Gasteiger partial charge >= 0.3 is 5.97 Å². The van der Waals surface area contributed by atoms with Crippen LogP contribution in [0, 0.1) is 23.0 Å². The number of hydrogen-bond donors (Lipinski definition) is 1. The molecule has 0 amide bonds. The predicted molar refractivity (Wildman–Crippen MR) is 153 cm³/mol. The van der Waals surface area contributed by atoms with Gasteiger partial charge in [0.2, 0.25) is 5.82 Å². The van der Waals surface area contributed by atoms with E-state index >= 15 is 0 Å². The van der Waals surface area contributed by atoms with E-state index in [9.17, 15) is 18.7 Å². The average Bonchev–Trinajstić information content (AvgIpc) is 3.44. The normalized spacial score (nSPS) is 15.4. The highest BCUT2D eigenvalue weighted by Gasteiger charge is 2.42. The summed E-state index contributed by atoms with van der Waals surface area (Å²) < 4.78 is 34.0. The highest BCUT2D eigenvalue weighted by Crippen LogP contribution is 2.37. The Morgan fingerprint density at radius 1 is 1.05 bits per heavy atom. The molecule has 0 atom stereocenters. The molecule has 0 saturated carbocycles. The maximum absolute atomic E-state index is 14.3. The van der Waals surface area contributed by atoms with Crippen molar-refractivity contribution in [2.75, 3.05) is 13.1 Å². The van der Waals surface area contributed by atoms with E-state index in [4.69, 9.17) is 16.1 Å². The maximum atomic E-state index is 14.3. The van der Waals surface area contributed by atoms with Crippen LogP contribution in [0.1, 0.15) is 43.4 Å².